The molecule has 2 aliphatic heterocycles. The molecule has 10 heteroatoms. The van der Waals surface area contributed by atoms with Crippen LogP contribution in [0.4, 0.5) is 4.79 Å². The Kier molecular flexibility index (Phi) is 7.75. The van der Waals surface area contributed by atoms with E-state index in [2.05, 4.69) is 15.9 Å². The maximum Gasteiger partial charge on any atom is 0.343 e. The second-order valence-corrected chi connectivity index (χ2v) is 10.1. The highest BCUT2D eigenvalue weighted by Gasteiger charge is 2.37. The highest BCUT2D eigenvalue weighted by atomic mass is 79.9. The Morgan fingerprint density at radius 1 is 1.06 bits per heavy atom. The highest BCUT2D eigenvalue weighted by molar-refractivity contribution is 9.10. The van der Waals surface area contributed by atoms with Crippen molar-refractivity contribution in [2.24, 2.45) is 0 Å². The van der Waals surface area contributed by atoms with Gasteiger partial charge in [-0.3, -0.25) is 19.3 Å². The average Bonchev–Trinajstić information content (AvgIpc) is 3.09. The molecule has 2 aromatic rings. The number of nitrogens with zero attached hydrogens (tertiary/aromatic N) is 2. The van der Waals surface area contributed by atoms with Crippen LogP contribution in [0.3, 0.4) is 0 Å². The summed E-state index contributed by atoms with van der Waals surface area (Å²) in [5.74, 6) is -0.936. The Hall–Kier alpha value is -2.62. The first-order valence-corrected chi connectivity index (χ1v) is 12.6. The molecule has 176 valence electrons. The number of thioether (sulfide) groups is 1. The standard InChI is InChI=1S/C24H20BrClN2O5S/c25-18-12-15(4-9-19(18)33-23(31)16-5-7-17(26)8-6-16)13-20-22(30)28(24(32)34-20)14-21(29)27-10-2-1-3-11-27/h4-9,12-13H,1-3,10-11,14H2/b20-13-. The molecule has 3 amide bonds. The number of benzene rings is 2. The molecule has 0 aromatic heterocycles. The summed E-state index contributed by atoms with van der Waals surface area (Å²) in [5.41, 5.74) is 0.985. The molecule has 2 aromatic carbocycles. The predicted octanol–water partition coefficient (Wildman–Crippen LogP) is 5.37. The van der Waals surface area contributed by atoms with Crippen LogP contribution in [-0.2, 0) is 9.59 Å². The van der Waals surface area contributed by atoms with Gasteiger partial charge in [-0.2, -0.15) is 0 Å². The van der Waals surface area contributed by atoms with Crippen molar-refractivity contribution in [1.29, 1.82) is 0 Å². The number of hydrogen-bond acceptors (Lipinski definition) is 6. The van der Waals surface area contributed by atoms with Crippen LogP contribution in [0.15, 0.2) is 51.8 Å². The fourth-order valence-electron chi connectivity index (χ4n) is 3.60. The van der Waals surface area contributed by atoms with E-state index in [1.807, 2.05) is 0 Å². The summed E-state index contributed by atoms with van der Waals surface area (Å²) in [6.45, 7) is 1.08. The lowest BCUT2D eigenvalue weighted by atomic mass is 10.1. The number of hydrogen-bond donors (Lipinski definition) is 0. The number of ether oxygens (including phenoxy) is 1. The molecule has 0 bridgehead atoms. The average molecular weight is 564 g/mol. The van der Waals surface area contributed by atoms with E-state index in [9.17, 15) is 19.2 Å². The number of rotatable bonds is 5. The maximum absolute atomic E-state index is 12.8. The van der Waals surface area contributed by atoms with E-state index < -0.39 is 17.1 Å². The number of halogens is 2. The van der Waals surface area contributed by atoms with Crippen molar-refractivity contribution in [1.82, 2.24) is 9.80 Å². The smallest absolute Gasteiger partial charge is 0.343 e. The van der Waals surface area contributed by atoms with Gasteiger partial charge in [0.25, 0.3) is 11.1 Å². The largest absolute Gasteiger partial charge is 0.422 e. The van der Waals surface area contributed by atoms with Gasteiger partial charge in [0.1, 0.15) is 12.3 Å². The number of piperidine rings is 1. The Morgan fingerprint density at radius 2 is 1.76 bits per heavy atom. The van der Waals surface area contributed by atoms with E-state index in [1.54, 1.807) is 53.4 Å². The Balaban J connectivity index is 1.43. The first-order chi connectivity index (χ1) is 16.3. The third-order valence-corrected chi connectivity index (χ3v) is 7.19. The molecule has 34 heavy (non-hydrogen) atoms. The first-order valence-electron chi connectivity index (χ1n) is 10.6. The molecule has 0 atom stereocenters. The number of esters is 1. The van der Waals surface area contributed by atoms with Gasteiger partial charge >= 0.3 is 5.97 Å². The molecule has 0 unspecified atom stereocenters. The predicted molar refractivity (Wildman–Crippen MR) is 134 cm³/mol. The Labute approximate surface area is 214 Å². The fraction of sp³-hybridized carbons (Fsp3) is 0.250. The van der Waals surface area contributed by atoms with Crippen LogP contribution in [0.5, 0.6) is 5.75 Å². The molecule has 2 saturated heterocycles. The minimum absolute atomic E-state index is 0.210. The summed E-state index contributed by atoms with van der Waals surface area (Å²) in [6, 6.07) is 11.3. The van der Waals surface area contributed by atoms with Crippen molar-refractivity contribution in [2.45, 2.75) is 19.3 Å². The number of carbonyl (C=O) groups is 4. The molecule has 2 fully saturated rings. The number of imide groups is 1. The van der Waals surface area contributed by atoms with E-state index >= 15 is 0 Å². The van der Waals surface area contributed by atoms with Crippen molar-refractivity contribution in [3.05, 3.63) is 68.0 Å². The van der Waals surface area contributed by atoms with Crippen molar-refractivity contribution >= 4 is 68.4 Å². The van der Waals surface area contributed by atoms with E-state index in [0.29, 0.717) is 39.5 Å². The van der Waals surface area contributed by atoms with Crippen LogP contribution < -0.4 is 4.74 Å². The zero-order chi connectivity index (χ0) is 24.2. The Morgan fingerprint density at radius 3 is 2.44 bits per heavy atom. The van der Waals surface area contributed by atoms with Gasteiger partial charge in [-0.1, -0.05) is 17.7 Å². The SMILES string of the molecule is O=C(Oc1ccc(/C=C2\SC(=O)N(CC(=O)N3CCCCC3)C2=O)cc1Br)c1ccc(Cl)cc1. The van der Waals surface area contributed by atoms with Gasteiger partial charge in [-0.05, 0) is 95.0 Å². The molecule has 7 nitrogen and oxygen atoms in total. The number of amides is 3. The van der Waals surface area contributed by atoms with E-state index in [4.69, 9.17) is 16.3 Å². The molecule has 4 rings (SSSR count). The minimum atomic E-state index is -0.537. The van der Waals surface area contributed by atoms with Crippen molar-refractivity contribution in [3.63, 3.8) is 0 Å². The summed E-state index contributed by atoms with van der Waals surface area (Å²) in [5, 5.41) is 0.0524. The van der Waals surface area contributed by atoms with Gasteiger partial charge in [0.2, 0.25) is 5.91 Å². The van der Waals surface area contributed by atoms with Crippen LogP contribution in [0.2, 0.25) is 5.02 Å². The molecule has 0 radical (unpaired) electrons. The fourth-order valence-corrected chi connectivity index (χ4v) is 5.04. The zero-order valence-corrected chi connectivity index (χ0v) is 21.1. The molecule has 2 heterocycles. The molecule has 0 saturated carbocycles. The third kappa shape index (κ3) is 5.71. The van der Waals surface area contributed by atoms with Crippen LogP contribution in [-0.4, -0.2) is 52.5 Å². The molecule has 0 N–H and O–H groups in total. The summed E-state index contributed by atoms with van der Waals surface area (Å²) in [6.07, 6.45) is 4.54. The number of likely N-dealkylation sites (tertiary alicyclic amines) is 1. The Bertz CT molecular complexity index is 1180. The quantitative estimate of drug-likeness (QED) is 0.276. The van der Waals surface area contributed by atoms with E-state index in [-0.39, 0.29) is 17.4 Å². The monoisotopic (exact) mass is 562 g/mol. The van der Waals surface area contributed by atoms with Crippen molar-refractivity contribution < 1.29 is 23.9 Å². The topological polar surface area (TPSA) is 84.0 Å². The molecule has 2 aliphatic rings. The molecular weight excluding hydrogens is 544 g/mol. The van der Waals surface area contributed by atoms with E-state index in [1.165, 1.54) is 0 Å². The van der Waals surface area contributed by atoms with Gasteiger partial charge in [-0.25, -0.2) is 4.79 Å². The van der Waals surface area contributed by atoms with Gasteiger partial charge in [0.15, 0.2) is 0 Å². The lowest BCUT2D eigenvalue weighted by molar-refractivity contribution is -0.136. The molecule has 0 aliphatic carbocycles. The van der Waals surface area contributed by atoms with Crippen LogP contribution >= 0.6 is 39.3 Å². The van der Waals surface area contributed by atoms with Crippen LogP contribution in [0.25, 0.3) is 6.08 Å². The second kappa shape index (κ2) is 10.8. The lowest BCUT2D eigenvalue weighted by Gasteiger charge is -2.27. The van der Waals surface area contributed by atoms with Crippen molar-refractivity contribution in [3.8, 4) is 5.75 Å². The molecule has 0 spiro atoms. The van der Waals surface area contributed by atoms with Crippen molar-refractivity contribution in [2.75, 3.05) is 19.6 Å². The summed E-state index contributed by atoms with van der Waals surface area (Å²) in [4.78, 5) is 52.9. The molecular formula is C24H20BrClN2O5S. The second-order valence-electron chi connectivity index (χ2n) is 7.80. The summed E-state index contributed by atoms with van der Waals surface area (Å²) >= 11 is 10.0. The zero-order valence-electron chi connectivity index (χ0n) is 18.0. The first kappa shape index (κ1) is 24.5. The highest BCUT2D eigenvalue weighted by Crippen LogP contribution is 2.34. The maximum atomic E-state index is 12.8. The third-order valence-electron chi connectivity index (χ3n) is 5.41. The van der Waals surface area contributed by atoms with Gasteiger partial charge in [0, 0.05) is 18.1 Å². The van der Waals surface area contributed by atoms with Crippen LogP contribution in [0.1, 0.15) is 35.2 Å². The number of carbonyl (C=O) groups excluding carboxylic acids is 4. The van der Waals surface area contributed by atoms with Gasteiger partial charge in [0.05, 0.1) is 14.9 Å². The lowest BCUT2D eigenvalue weighted by Crippen LogP contribution is -2.44. The summed E-state index contributed by atoms with van der Waals surface area (Å²) in [7, 11) is 0. The summed E-state index contributed by atoms with van der Waals surface area (Å²) < 4.78 is 5.93. The van der Waals surface area contributed by atoms with E-state index in [0.717, 1.165) is 35.9 Å². The minimum Gasteiger partial charge on any atom is -0.422 e. The van der Waals surface area contributed by atoms with Crippen LogP contribution in [0, 0.1) is 0 Å². The normalized spacial score (nSPS) is 17.4. The van der Waals surface area contributed by atoms with Gasteiger partial charge in [-0.15, -0.1) is 0 Å². The van der Waals surface area contributed by atoms with Gasteiger partial charge < -0.3 is 9.64 Å².